The van der Waals surface area contributed by atoms with Gasteiger partial charge in [0, 0.05) is 12.1 Å². The Morgan fingerprint density at radius 1 is 0.714 bits per heavy atom. The standard InChI is InChI=1S/C14H14O6S/c1-7-3-9(15)5-11(17)13(7)21(19,20)14-8(2)4-10(16)6-12(14)18/h3-6,15-18H,1-2H3. The molecule has 7 heteroatoms. The molecule has 0 aliphatic carbocycles. The van der Waals surface area contributed by atoms with Crippen LogP contribution in [0.1, 0.15) is 11.1 Å². The summed E-state index contributed by atoms with van der Waals surface area (Å²) in [5.74, 6) is -1.76. The van der Waals surface area contributed by atoms with Crippen LogP contribution in [0.5, 0.6) is 23.0 Å². The van der Waals surface area contributed by atoms with Gasteiger partial charge >= 0.3 is 0 Å². The fourth-order valence-corrected chi connectivity index (χ4v) is 4.11. The summed E-state index contributed by atoms with van der Waals surface area (Å²) in [5.41, 5.74) is 0.277. The van der Waals surface area contributed by atoms with Crippen molar-refractivity contribution in [2.45, 2.75) is 23.6 Å². The van der Waals surface area contributed by atoms with Gasteiger partial charge in [-0.25, -0.2) is 8.42 Å². The summed E-state index contributed by atoms with van der Waals surface area (Å²) in [6.45, 7) is 2.83. The Morgan fingerprint density at radius 2 is 1.05 bits per heavy atom. The van der Waals surface area contributed by atoms with Crippen molar-refractivity contribution in [2.75, 3.05) is 0 Å². The predicted molar refractivity (Wildman–Crippen MR) is 74.5 cm³/mol. The van der Waals surface area contributed by atoms with Crippen LogP contribution in [0.4, 0.5) is 0 Å². The number of aryl methyl sites for hydroxylation is 2. The SMILES string of the molecule is Cc1cc(O)cc(O)c1S(=O)(=O)c1c(C)cc(O)cc1O. The van der Waals surface area contributed by atoms with E-state index in [9.17, 15) is 28.8 Å². The minimum Gasteiger partial charge on any atom is -0.508 e. The first-order chi connectivity index (χ1) is 9.64. The summed E-state index contributed by atoms with van der Waals surface area (Å²) < 4.78 is 25.3. The second-order valence-electron chi connectivity index (χ2n) is 4.73. The van der Waals surface area contributed by atoms with E-state index in [-0.39, 0.29) is 22.6 Å². The van der Waals surface area contributed by atoms with Gasteiger partial charge in [0.15, 0.2) is 0 Å². The molecule has 6 nitrogen and oxygen atoms in total. The fourth-order valence-electron chi connectivity index (χ4n) is 2.27. The van der Waals surface area contributed by atoms with Crippen LogP contribution in [0.3, 0.4) is 0 Å². The minimum absolute atomic E-state index is 0.138. The molecule has 0 atom stereocenters. The number of hydrogen-bond donors (Lipinski definition) is 4. The number of aromatic hydroxyl groups is 4. The molecule has 2 aromatic carbocycles. The second kappa shape index (κ2) is 4.85. The maximum atomic E-state index is 12.7. The minimum atomic E-state index is -4.22. The smallest absolute Gasteiger partial charge is 0.214 e. The van der Waals surface area contributed by atoms with E-state index in [4.69, 9.17) is 0 Å². The number of benzene rings is 2. The summed E-state index contributed by atoms with van der Waals surface area (Å²) in [6, 6.07) is 4.21. The Labute approximate surface area is 121 Å². The third kappa shape index (κ3) is 2.47. The molecule has 0 aliphatic rings. The Morgan fingerprint density at radius 3 is 1.33 bits per heavy atom. The van der Waals surface area contributed by atoms with E-state index in [1.165, 1.54) is 26.0 Å². The van der Waals surface area contributed by atoms with Crippen molar-refractivity contribution < 1.29 is 28.8 Å². The molecule has 2 rings (SSSR count). The number of sulfone groups is 1. The van der Waals surface area contributed by atoms with Crippen LogP contribution in [0, 0.1) is 13.8 Å². The lowest BCUT2D eigenvalue weighted by atomic mass is 10.2. The number of rotatable bonds is 2. The fraction of sp³-hybridized carbons (Fsp3) is 0.143. The highest BCUT2D eigenvalue weighted by molar-refractivity contribution is 7.91. The Kier molecular flexibility index (Phi) is 3.46. The van der Waals surface area contributed by atoms with Gasteiger partial charge in [-0.15, -0.1) is 0 Å². The predicted octanol–water partition coefficient (Wildman–Crippen LogP) is 1.96. The molecule has 0 unspecified atom stereocenters. The first-order valence-electron chi connectivity index (χ1n) is 5.95. The third-order valence-electron chi connectivity index (χ3n) is 3.02. The highest BCUT2D eigenvalue weighted by atomic mass is 32.2. The Balaban J connectivity index is 2.81. The van der Waals surface area contributed by atoms with Crippen LogP contribution in [0.25, 0.3) is 0 Å². The summed E-state index contributed by atoms with van der Waals surface area (Å²) in [6.07, 6.45) is 0. The third-order valence-corrected chi connectivity index (χ3v) is 5.15. The maximum Gasteiger partial charge on any atom is 0.214 e. The highest BCUT2D eigenvalue weighted by Gasteiger charge is 2.29. The number of phenolic OH excluding ortho intramolecular Hbond substituents is 4. The lowest BCUT2D eigenvalue weighted by Crippen LogP contribution is -2.07. The van der Waals surface area contributed by atoms with Crippen molar-refractivity contribution in [2.24, 2.45) is 0 Å². The van der Waals surface area contributed by atoms with E-state index in [1.807, 2.05) is 0 Å². The molecule has 0 radical (unpaired) electrons. The van der Waals surface area contributed by atoms with Crippen LogP contribution < -0.4 is 0 Å². The van der Waals surface area contributed by atoms with Gasteiger partial charge in [0.1, 0.15) is 32.8 Å². The molecule has 0 spiro atoms. The quantitative estimate of drug-likeness (QED) is 0.674. The molecule has 112 valence electrons. The van der Waals surface area contributed by atoms with Gasteiger partial charge < -0.3 is 20.4 Å². The molecule has 0 aromatic heterocycles. The molecule has 0 aliphatic heterocycles. The average molecular weight is 310 g/mol. The van der Waals surface area contributed by atoms with Crippen LogP contribution in [-0.2, 0) is 9.84 Å². The van der Waals surface area contributed by atoms with E-state index < -0.39 is 31.1 Å². The largest absolute Gasteiger partial charge is 0.508 e. The Hall–Kier alpha value is -2.41. The zero-order valence-electron chi connectivity index (χ0n) is 11.3. The first-order valence-corrected chi connectivity index (χ1v) is 7.43. The molecule has 4 N–H and O–H groups in total. The molecule has 0 amide bonds. The molecule has 2 aromatic rings. The summed E-state index contributed by atoms with van der Waals surface area (Å²) >= 11 is 0. The first kappa shape index (κ1) is 15.0. The maximum absolute atomic E-state index is 12.7. The van der Waals surface area contributed by atoms with Crippen LogP contribution in [-0.4, -0.2) is 28.8 Å². The van der Waals surface area contributed by atoms with Gasteiger partial charge in [-0.3, -0.25) is 0 Å². The van der Waals surface area contributed by atoms with Crippen LogP contribution in [0.2, 0.25) is 0 Å². The van der Waals surface area contributed by atoms with Crippen molar-refractivity contribution in [1.29, 1.82) is 0 Å². The van der Waals surface area contributed by atoms with Crippen LogP contribution in [0.15, 0.2) is 34.1 Å². The molecule has 0 heterocycles. The molecule has 0 saturated heterocycles. The molecule has 21 heavy (non-hydrogen) atoms. The van der Waals surface area contributed by atoms with Crippen molar-refractivity contribution in [3.05, 3.63) is 35.4 Å². The number of hydrogen-bond acceptors (Lipinski definition) is 6. The lowest BCUT2D eigenvalue weighted by molar-refractivity contribution is 0.434. The van der Waals surface area contributed by atoms with Gasteiger partial charge in [0.05, 0.1) is 0 Å². The van der Waals surface area contributed by atoms with Crippen molar-refractivity contribution in [1.82, 2.24) is 0 Å². The second-order valence-corrected chi connectivity index (χ2v) is 6.55. The Bertz CT molecular complexity index is 714. The van der Waals surface area contributed by atoms with Crippen molar-refractivity contribution >= 4 is 9.84 Å². The van der Waals surface area contributed by atoms with Crippen molar-refractivity contribution in [3.63, 3.8) is 0 Å². The van der Waals surface area contributed by atoms with Crippen molar-refractivity contribution in [3.8, 4) is 23.0 Å². The zero-order valence-corrected chi connectivity index (χ0v) is 12.1. The summed E-state index contributed by atoms with van der Waals surface area (Å²) in [4.78, 5) is -0.797. The topological polar surface area (TPSA) is 115 Å². The zero-order chi connectivity index (χ0) is 15.9. The van der Waals surface area contributed by atoms with Gasteiger partial charge in [-0.2, -0.15) is 0 Å². The summed E-state index contributed by atoms with van der Waals surface area (Å²) in [7, 11) is -4.22. The van der Waals surface area contributed by atoms with E-state index in [1.54, 1.807) is 0 Å². The molecule has 0 fully saturated rings. The normalized spacial score (nSPS) is 11.5. The van der Waals surface area contributed by atoms with Gasteiger partial charge in [0.25, 0.3) is 0 Å². The molecule has 0 saturated carbocycles. The van der Waals surface area contributed by atoms with Crippen LogP contribution >= 0.6 is 0 Å². The van der Waals surface area contributed by atoms with E-state index in [0.29, 0.717) is 0 Å². The monoisotopic (exact) mass is 310 g/mol. The number of phenols is 4. The van der Waals surface area contributed by atoms with Gasteiger partial charge in [-0.05, 0) is 37.1 Å². The summed E-state index contributed by atoms with van der Waals surface area (Å²) in [5, 5.41) is 38.4. The average Bonchev–Trinajstić information content (AvgIpc) is 2.23. The van der Waals surface area contributed by atoms with Gasteiger partial charge in [0.2, 0.25) is 9.84 Å². The highest BCUT2D eigenvalue weighted by Crippen LogP contribution is 2.40. The molecular formula is C14H14O6S. The van der Waals surface area contributed by atoms with E-state index in [0.717, 1.165) is 12.1 Å². The molecule has 0 bridgehead atoms. The molecular weight excluding hydrogens is 296 g/mol. The van der Waals surface area contributed by atoms with E-state index >= 15 is 0 Å². The lowest BCUT2D eigenvalue weighted by Gasteiger charge is -2.14. The van der Waals surface area contributed by atoms with Gasteiger partial charge in [-0.1, -0.05) is 0 Å². The van der Waals surface area contributed by atoms with E-state index in [2.05, 4.69) is 0 Å².